The van der Waals surface area contributed by atoms with Crippen LogP contribution >= 0.6 is 12.2 Å². The highest BCUT2D eigenvalue weighted by Crippen LogP contribution is 2.24. The van der Waals surface area contributed by atoms with Crippen LogP contribution in [0.2, 0.25) is 0 Å². The first-order chi connectivity index (χ1) is 10.1. The molecule has 6 heteroatoms. The van der Waals surface area contributed by atoms with Crippen LogP contribution in [0.1, 0.15) is 24.4 Å². The summed E-state index contributed by atoms with van der Waals surface area (Å²) in [6.45, 7) is 3.91. The van der Waals surface area contributed by atoms with Crippen molar-refractivity contribution >= 4 is 23.2 Å². The SMILES string of the molecule is CC(C)NC(=S)NNC(=O)c1occc1-c1ccccc1. The minimum absolute atomic E-state index is 0.186. The van der Waals surface area contributed by atoms with E-state index in [0.29, 0.717) is 5.11 Å². The molecular formula is C15H17N3O2S. The number of benzene rings is 1. The zero-order valence-corrected chi connectivity index (χ0v) is 12.7. The minimum Gasteiger partial charge on any atom is -0.458 e. The van der Waals surface area contributed by atoms with E-state index < -0.39 is 0 Å². The van der Waals surface area contributed by atoms with Crippen LogP contribution < -0.4 is 16.2 Å². The Morgan fingerprint density at radius 2 is 1.86 bits per heavy atom. The topological polar surface area (TPSA) is 66.3 Å². The number of hydrogen-bond donors (Lipinski definition) is 3. The number of thiocarbonyl (C=S) groups is 1. The van der Waals surface area contributed by atoms with Gasteiger partial charge in [0.15, 0.2) is 5.11 Å². The van der Waals surface area contributed by atoms with Crippen molar-refractivity contribution in [1.82, 2.24) is 16.2 Å². The van der Waals surface area contributed by atoms with Gasteiger partial charge in [-0.15, -0.1) is 0 Å². The molecule has 3 N–H and O–H groups in total. The van der Waals surface area contributed by atoms with Gasteiger partial charge < -0.3 is 9.73 Å². The lowest BCUT2D eigenvalue weighted by molar-refractivity contribution is 0.0916. The van der Waals surface area contributed by atoms with Crippen LogP contribution in [-0.2, 0) is 0 Å². The predicted octanol–water partition coefficient (Wildman–Crippen LogP) is 2.46. The van der Waals surface area contributed by atoms with E-state index in [2.05, 4.69) is 16.2 Å². The summed E-state index contributed by atoms with van der Waals surface area (Å²) in [5.74, 6) is -0.146. The highest BCUT2D eigenvalue weighted by Gasteiger charge is 2.16. The third kappa shape index (κ3) is 4.06. The van der Waals surface area contributed by atoms with Crippen LogP contribution in [0, 0.1) is 0 Å². The van der Waals surface area contributed by atoms with Gasteiger partial charge in [0.05, 0.1) is 6.26 Å². The van der Waals surface area contributed by atoms with Gasteiger partial charge in [-0.05, 0) is 37.7 Å². The average molecular weight is 303 g/mol. The van der Waals surface area contributed by atoms with Crippen LogP contribution in [0.15, 0.2) is 47.1 Å². The molecule has 0 spiro atoms. The molecule has 0 saturated carbocycles. The lowest BCUT2D eigenvalue weighted by Gasteiger charge is -2.13. The second kappa shape index (κ2) is 6.90. The van der Waals surface area contributed by atoms with Crippen LogP contribution in [0.3, 0.4) is 0 Å². The molecule has 1 heterocycles. The summed E-state index contributed by atoms with van der Waals surface area (Å²) >= 11 is 5.04. The predicted molar refractivity (Wildman–Crippen MR) is 85.6 cm³/mol. The Balaban J connectivity index is 2.04. The van der Waals surface area contributed by atoms with Crippen LogP contribution in [0.5, 0.6) is 0 Å². The van der Waals surface area contributed by atoms with E-state index in [1.807, 2.05) is 44.2 Å². The lowest BCUT2D eigenvalue weighted by atomic mass is 10.1. The molecule has 0 aliphatic carbocycles. The van der Waals surface area contributed by atoms with Crippen LogP contribution in [0.25, 0.3) is 11.1 Å². The summed E-state index contributed by atoms with van der Waals surface area (Å²) in [6, 6.07) is 11.5. The Labute approximate surface area is 128 Å². The zero-order chi connectivity index (χ0) is 15.2. The van der Waals surface area contributed by atoms with E-state index in [4.69, 9.17) is 16.6 Å². The highest BCUT2D eigenvalue weighted by molar-refractivity contribution is 7.80. The number of hydrogen-bond acceptors (Lipinski definition) is 3. The molecule has 0 unspecified atom stereocenters. The Hall–Kier alpha value is -2.34. The summed E-state index contributed by atoms with van der Waals surface area (Å²) in [5, 5.41) is 3.32. The lowest BCUT2D eigenvalue weighted by Crippen LogP contribution is -2.48. The number of rotatable bonds is 3. The van der Waals surface area contributed by atoms with Crippen molar-refractivity contribution in [3.63, 3.8) is 0 Å². The molecule has 1 amide bonds. The Morgan fingerprint density at radius 3 is 2.52 bits per heavy atom. The second-order valence-electron chi connectivity index (χ2n) is 4.74. The van der Waals surface area contributed by atoms with E-state index in [9.17, 15) is 4.79 Å². The first kappa shape index (κ1) is 15.1. The third-order valence-corrected chi connectivity index (χ3v) is 2.89. The number of nitrogens with one attached hydrogen (secondary N) is 3. The molecule has 1 aromatic heterocycles. The fraction of sp³-hybridized carbons (Fsp3) is 0.200. The molecule has 5 nitrogen and oxygen atoms in total. The molecule has 0 saturated heterocycles. The number of furan rings is 1. The molecule has 0 radical (unpaired) electrons. The van der Waals surface area contributed by atoms with Gasteiger partial charge in [0.25, 0.3) is 0 Å². The van der Waals surface area contributed by atoms with Gasteiger partial charge in [0.2, 0.25) is 5.76 Å². The average Bonchev–Trinajstić information content (AvgIpc) is 2.94. The van der Waals surface area contributed by atoms with Crippen LogP contribution in [-0.4, -0.2) is 17.1 Å². The summed E-state index contributed by atoms with van der Waals surface area (Å²) in [5.41, 5.74) is 6.81. The van der Waals surface area contributed by atoms with E-state index in [0.717, 1.165) is 11.1 Å². The fourth-order valence-corrected chi connectivity index (χ4v) is 2.09. The van der Waals surface area contributed by atoms with E-state index in [1.165, 1.54) is 6.26 Å². The smallest absolute Gasteiger partial charge is 0.305 e. The molecule has 0 aliphatic rings. The molecule has 21 heavy (non-hydrogen) atoms. The molecular weight excluding hydrogens is 286 g/mol. The standard InChI is InChI=1S/C15H17N3O2S/c1-10(2)16-15(21)18-17-14(19)13-12(8-9-20-13)11-6-4-3-5-7-11/h3-10H,1-2H3,(H,17,19)(H2,16,18,21). The molecule has 1 aromatic carbocycles. The van der Waals surface area contributed by atoms with Crippen molar-refractivity contribution in [3.8, 4) is 11.1 Å². The number of hydrazine groups is 1. The summed E-state index contributed by atoms with van der Waals surface area (Å²) in [7, 11) is 0. The quantitative estimate of drug-likeness (QED) is 0.600. The van der Waals surface area contributed by atoms with Crippen molar-refractivity contribution in [3.05, 3.63) is 48.4 Å². The monoisotopic (exact) mass is 303 g/mol. The molecule has 0 aliphatic heterocycles. The van der Waals surface area contributed by atoms with Crippen molar-refractivity contribution in [2.75, 3.05) is 0 Å². The van der Waals surface area contributed by atoms with Crippen molar-refractivity contribution in [1.29, 1.82) is 0 Å². The number of carbonyl (C=O) groups is 1. The zero-order valence-electron chi connectivity index (χ0n) is 11.8. The molecule has 110 valence electrons. The van der Waals surface area contributed by atoms with Gasteiger partial charge in [-0.25, -0.2) is 0 Å². The maximum absolute atomic E-state index is 12.1. The minimum atomic E-state index is -0.383. The molecule has 0 bridgehead atoms. The van der Waals surface area contributed by atoms with Gasteiger partial charge in [-0.1, -0.05) is 30.3 Å². The molecule has 0 atom stereocenters. The summed E-state index contributed by atoms with van der Waals surface area (Å²) < 4.78 is 5.28. The van der Waals surface area contributed by atoms with E-state index in [-0.39, 0.29) is 17.7 Å². The number of amides is 1. The van der Waals surface area contributed by atoms with Crippen molar-refractivity contribution < 1.29 is 9.21 Å². The van der Waals surface area contributed by atoms with Crippen molar-refractivity contribution in [2.24, 2.45) is 0 Å². The second-order valence-corrected chi connectivity index (χ2v) is 5.14. The van der Waals surface area contributed by atoms with Crippen LogP contribution in [0.4, 0.5) is 0 Å². The maximum atomic E-state index is 12.1. The normalized spacial score (nSPS) is 10.2. The fourth-order valence-electron chi connectivity index (χ4n) is 1.80. The van der Waals surface area contributed by atoms with Gasteiger partial charge >= 0.3 is 5.91 Å². The highest BCUT2D eigenvalue weighted by atomic mass is 32.1. The summed E-state index contributed by atoms with van der Waals surface area (Å²) in [6.07, 6.45) is 1.49. The van der Waals surface area contributed by atoms with E-state index >= 15 is 0 Å². The molecule has 2 rings (SSSR count). The van der Waals surface area contributed by atoms with Gasteiger partial charge in [-0.3, -0.25) is 15.6 Å². The van der Waals surface area contributed by atoms with E-state index in [1.54, 1.807) is 6.07 Å². The Kier molecular flexibility index (Phi) is 4.94. The van der Waals surface area contributed by atoms with Gasteiger partial charge in [-0.2, -0.15) is 0 Å². The Bertz CT molecular complexity index is 623. The van der Waals surface area contributed by atoms with Gasteiger partial charge in [0.1, 0.15) is 0 Å². The molecule has 2 aromatic rings. The largest absolute Gasteiger partial charge is 0.458 e. The first-order valence-electron chi connectivity index (χ1n) is 6.57. The van der Waals surface area contributed by atoms with Gasteiger partial charge in [0, 0.05) is 11.6 Å². The number of carbonyl (C=O) groups excluding carboxylic acids is 1. The Morgan fingerprint density at radius 1 is 1.14 bits per heavy atom. The maximum Gasteiger partial charge on any atom is 0.305 e. The first-order valence-corrected chi connectivity index (χ1v) is 6.98. The summed E-state index contributed by atoms with van der Waals surface area (Å²) in [4.78, 5) is 12.1. The van der Waals surface area contributed by atoms with Crippen molar-refractivity contribution in [2.45, 2.75) is 19.9 Å². The third-order valence-electron chi connectivity index (χ3n) is 2.67. The molecule has 0 fully saturated rings.